The minimum Gasteiger partial charge on any atom is -0.330 e. The first-order chi connectivity index (χ1) is 4.43. The zero-order chi connectivity index (χ0) is 6.53. The van der Waals surface area contributed by atoms with Gasteiger partial charge in [-0.1, -0.05) is 6.07 Å². The smallest absolute Gasteiger partial charge is 0.00457 e. The van der Waals surface area contributed by atoms with Crippen LogP contribution in [0, 0.1) is 0 Å². The molecule has 3 heteroatoms. The molecule has 0 saturated carbocycles. The molecule has 58 valence electrons. The molecule has 1 aromatic heterocycles. The van der Waals surface area contributed by atoms with Gasteiger partial charge in [0.05, 0.1) is 0 Å². The topological polar surface area (TPSA) is 26.0 Å². The highest BCUT2D eigenvalue weighted by molar-refractivity contribution is 8.93. The summed E-state index contributed by atoms with van der Waals surface area (Å²) >= 11 is 1.81. The fourth-order valence-electron chi connectivity index (χ4n) is 0.731. The number of halogens is 1. The lowest BCUT2D eigenvalue weighted by Gasteiger charge is -1.90. The van der Waals surface area contributed by atoms with Gasteiger partial charge in [-0.05, 0) is 30.8 Å². The predicted molar refractivity (Wildman–Crippen MR) is 52.0 cm³/mol. The molecule has 0 unspecified atom stereocenters. The molecule has 1 nitrogen and oxygen atoms in total. The molecule has 1 aromatic rings. The third-order valence-corrected chi connectivity index (χ3v) is 2.14. The first-order valence-corrected chi connectivity index (χ1v) is 4.04. The van der Waals surface area contributed by atoms with Gasteiger partial charge in [0.25, 0.3) is 0 Å². The van der Waals surface area contributed by atoms with Crippen molar-refractivity contribution >= 4 is 28.3 Å². The number of aryl methyl sites for hydroxylation is 1. The van der Waals surface area contributed by atoms with Crippen molar-refractivity contribution in [1.82, 2.24) is 0 Å². The lowest BCUT2D eigenvalue weighted by molar-refractivity contribution is 0.843. The monoisotopic (exact) mass is 221 g/mol. The number of nitrogens with two attached hydrogens (primary N) is 1. The average molecular weight is 222 g/mol. The molecule has 10 heavy (non-hydrogen) atoms. The first kappa shape index (κ1) is 10.1. The van der Waals surface area contributed by atoms with Gasteiger partial charge in [-0.25, -0.2) is 0 Å². The second-order valence-electron chi connectivity index (χ2n) is 1.97. The summed E-state index contributed by atoms with van der Waals surface area (Å²) in [6.45, 7) is 0.803. The Kier molecular flexibility index (Phi) is 5.97. The summed E-state index contributed by atoms with van der Waals surface area (Å²) in [7, 11) is 0. The van der Waals surface area contributed by atoms with Crippen LogP contribution in [-0.4, -0.2) is 6.54 Å². The maximum absolute atomic E-state index is 5.35. The molecule has 0 radical (unpaired) electrons. The summed E-state index contributed by atoms with van der Waals surface area (Å²) in [4.78, 5) is 1.44. The van der Waals surface area contributed by atoms with E-state index in [1.165, 1.54) is 4.88 Å². The molecule has 0 aliphatic rings. The van der Waals surface area contributed by atoms with Crippen molar-refractivity contribution in [3.8, 4) is 0 Å². The molecule has 0 aliphatic carbocycles. The van der Waals surface area contributed by atoms with E-state index in [1.807, 2.05) is 11.3 Å². The highest BCUT2D eigenvalue weighted by Gasteiger charge is 1.89. The van der Waals surface area contributed by atoms with Crippen molar-refractivity contribution in [3.63, 3.8) is 0 Å². The number of hydrogen-bond acceptors (Lipinski definition) is 2. The van der Waals surface area contributed by atoms with E-state index in [9.17, 15) is 0 Å². The van der Waals surface area contributed by atoms with Crippen LogP contribution >= 0.6 is 28.3 Å². The molecule has 0 amide bonds. The van der Waals surface area contributed by atoms with E-state index in [0.29, 0.717) is 0 Å². The van der Waals surface area contributed by atoms with Gasteiger partial charge in [0.1, 0.15) is 0 Å². The molecule has 0 aromatic carbocycles. The summed E-state index contributed by atoms with van der Waals surface area (Å²) in [5, 5.41) is 2.10. The largest absolute Gasteiger partial charge is 0.330 e. The van der Waals surface area contributed by atoms with Crippen LogP contribution in [-0.2, 0) is 6.42 Å². The minimum atomic E-state index is 0. The van der Waals surface area contributed by atoms with E-state index in [-0.39, 0.29) is 17.0 Å². The van der Waals surface area contributed by atoms with Crippen molar-refractivity contribution in [2.45, 2.75) is 12.8 Å². The van der Waals surface area contributed by atoms with Crippen molar-refractivity contribution in [3.05, 3.63) is 22.4 Å². The summed E-state index contributed by atoms with van der Waals surface area (Å²) in [6.07, 6.45) is 2.26. The Morgan fingerprint density at radius 1 is 1.50 bits per heavy atom. The fourth-order valence-corrected chi connectivity index (χ4v) is 1.48. The number of rotatable bonds is 3. The quantitative estimate of drug-likeness (QED) is 0.833. The Labute approximate surface area is 76.0 Å². The SMILES string of the molecule is Br.NCCCc1cccs1. The van der Waals surface area contributed by atoms with E-state index in [4.69, 9.17) is 5.73 Å². The third kappa shape index (κ3) is 3.34. The Hall–Kier alpha value is 0.140. The zero-order valence-electron chi connectivity index (χ0n) is 5.75. The molecule has 0 fully saturated rings. The normalized spacial score (nSPS) is 8.90. The van der Waals surface area contributed by atoms with Crippen LogP contribution in [0.2, 0.25) is 0 Å². The Balaban J connectivity index is 0.000000810. The van der Waals surface area contributed by atoms with Gasteiger partial charge in [-0.15, -0.1) is 28.3 Å². The number of thiophene rings is 1. The van der Waals surface area contributed by atoms with Gasteiger partial charge in [0.2, 0.25) is 0 Å². The number of hydrogen-bond donors (Lipinski definition) is 1. The highest BCUT2D eigenvalue weighted by atomic mass is 79.9. The first-order valence-electron chi connectivity index (χ1n) is 3.16. The van der Waals surface area contributed by atoms with Crippen LogP contribution in [0.5, 0.6) is 0 Å². The van der Waals surface area contributed by atoms with Crippen molar-refractivity contribution in [1.29, 1.82) is 0 Å². The average Bonchev–Trinajstić information content (AvgIpc) is 2.34. The van der Waals surface area contributed by atoms with E-state index in [0.717, 1.165) is 19.4 Å². The van der Waals surface area contributed by atoms with Gasteiger partial charge < -0.3 is 5.73 Å². The summed E-state index contributed by atoms with van der Waals surface area (Å²) in [6, 6.07) is 4.23. The maximum atomic E-state index is 5.35. The lowest BCUT2D eigenvalue weighted by atomic mass is 10.3. The molecular weight excluding hydrogens is 210 g/mol. The zero-order valence-corrected chi connectivity index (χ0v) is 8.28. The van der Waals surface area contributed by atoms with Crippen molar-refractivity contribution < 1.29 is 0 Å². The van der Waals surface area contributed by atoms with Crippen LogP contribution in [0.25, 0.3) is 0 Å². The Bertz CT molecular complexity index is 151. The van der Waals surface area contributed by atoms with Crippen LogP contribution in [0.15, 0.2) is 17.5 Å². The molecule has 0 spiro atoms. The third-order valence-electron chi connectivity index (χ3n) is 1.21. The van der Waals surface area contributed by atoms with Gasteiger partial charge in [0, 0.05) is 4.88 Å². The maximum Gasteiger partial charge on any atom is 0.00457 e. The molecule has 1 rings (SSSR count). The van der Waals surface area contributed by atoms with Crippen molar-refractivity contribution in [2.24, 2.45) is 5.73 Å². The molecule has 2 N–H and O–H groups in total. The molecular formula is C7H12BrNS. The highest BCUT2D eigenvalue weighted by Crippen LogP contribution is 2.09. The fraction of sp³-hybridized carbons (Fsp3) is 0.429. The van der Waals surface area contributed by atoms with E-state index in [2.05, 4.69) is 17.5 Å². The van der Waals surface area contributed by atoms with Gasteiger partial charge >= 0.3 is 0 Å². The molecule has 1 heterocycles. The second kappa shape index (κ2) is 5.89. The lowest BCUT2D eigenvalue weighted by Crippen LogP contribution is -1.98. The van der Waals surface area contributed by atoms with Gasteiger partial charge in [-0.3, -0.25) is 0 Å². The summed E-state index contributed by atoms with van der Waals surface area (Å²) in [5.74, 6) is 0. The summed E-state index contributed by atoms with van der Waals surface area (Å²) < 4.78 is 0. The van der Waals surface area contributed by atoms with Crippen LogP contribution in [0.3, 0.4) is 0 Å². The van der Waals surface area contributed by atoms with Crippen LogP contribution in [0.4, 0.5) is 0 Å². The molecule has 0 bridgehead atoms. The van der Waals surface area contributed by atoms with E-state index >= 15 is 0 Å². The minimum absolute atomic E-state index is 0. The Morgan fingerprint density at radius 3 is 2.80 bits per heavy atom. The molecule has 0 atom stereocenters. The van der Waals surface area contributed by atoms with Crippen LogP contribution in [0.1, 0.15) is 11.3 Å². The van der Waals surface area contributed by atoms with E-state index < -0.39 is 0 Å². The molecule has 0 saturated heterocycles. The predicted octanol–water partition coefficient (Wildman–Crippen LogP) is 2.22. The standard InChI is InChI=1S/C7H11NS.BrH/c8-5-1-3-7-4-2-6-9-7;/h2,4,6H,1,3,5,8H2;1H. The summed E-state index contributed by atoms with van der Waals surface area (Å²) in [5.41, 5.74) is 5.35. The van der Waals surface area contributed by atoms with Crippen molar-refractivity contribution in [2.75, 3.05) is 6.54 Å². The van der Waals surface area contributed by atoms with Gasteiger partial charge in [0.15, 0.2) is 0 Å². The molecule has 0 aliphatic heterocycles. The van der Waals surface area contributed by atoms with E-state index in [1.54, 1.807) is 0 Å². The van der Waals surface area contributed by atoms with Crippen LogP contribution < -0.4 is 5.73 Å². The second-order valence-corrected chi connectivity index (χ2v) is 3.00. The Morgan fingerprint density at radius 2 is 2.30 bits per heavy atom. The van der Waals surface area contributed by atoms with Gasteiger partial charge in [-0.2, -0.15) is 0 Å².